The van der Waals surface area contributed by atoms with E-state index in [1.54, 1.807) is 31.4 Å². The van der Waals surface area contributed by atoms with Crippen molar-refractivity contribution in [2.45, 2.75) is 0 Å². The summed E-state index contributed by atoms with van der Waals surface area (Å²) in [5.41, 5.74) is 3.45. The van der Waals surface area contributed by atoms with E-state index in [4.69, 9.17) is 4.74 Å². The lowest BCUT2D eigenvalue weighted by Gasteiger charge is -2.06. The molecule has 3 aromatic rings. The molecule has 5 nitrogen and oxygen atoms in total. The fraction of sp³-hybridized carbons (Fsp3) is 0.0526. The van der Waals surface area contributed by atoms with Crippen LogP contribution in [0.2, 0.25) is 0 Å². The maximum Gasteiger partial charge on any atom is 0.271 e. The molecule has 0 radical (unpaired) electrons. The number of halogens is 1. The van der Waals surface area contributed by atoms with Crippen molar-refractivity contribution in [1.29, 1.82) is 0 Å². The molecule has 126 valence electrons. The smallest absolute Gasteiger partial charge is 0.271 e. The molecule has 1 amide bonds. The fourth-order valence-corrected chi connectivity index (χ4v) is 2.99. The molecule has 0 heterocycles. The number of ether oxygens (including phenoxy) is 1. The van der Waals surface area contributed by atoms with Crippen LogP contribution in [0.25, 0.3) is 10.8 Å². The van der Waals surface area contributed by atoms with Gasteiger partial charge in [0.05, 0.1) is 17.8 Å². The van der Waals surface area contributed by atoms with Gasteiger partial charge in [-0.15, -0.1) is 0 Å². The van der Waals surface area contributed by atoms with Gasteiger partial charge in [0, 0.05) is 11.1 Å². The Bertz CT molecular complexity index is 970. The second kappa shape index (κ2) is 7.36. The molecule has 0 saturated carbocycles. The first kappa shape index (κ1) is 17.0. The zero-order valence-electron chi connectivity index (χ0n) is 13.4. The van der Waals surface area contributed by atoms with Gasteiger partial charge in [-0.3, -0.25) is 4.79 Å². The second-order valence-electron chi connectivity index (χ2n) is 5.27. The van der Waals surface area contributed by atoms with Gasteiger partial charge >= 0.3 is 0 Å². The molecule has 0 atom stereocenters. The van der Waals surface area contributed by atoms with E-state index >= 15 is 0 Å². The van der Waals surface area contributed by atoms with Crippen LogP contribution in [0, 0.1) is 0 Å². The van der Waals surface area contributed by atoms with Crippen molar-refractivity contribution in [3.63, 3.8) is 0 Å². The number of hydrogen-bond donors (Lipinski definition) is 2. The van der Waals surface area contributed by atoms with E-state index < -0.39 is 0 Å². The Hall–Kier alpha value is -2.86. The minimum atomic E-state index is -0.362. The second-order valence-corrected chi connectivity index (χ2v) is 6.12. The van der Waals surface area contributed by atoms with Gasteiger partial charge in [0.15, 0.2) is 0 Å². The molecule has 0 bridgehead atoms. The maximum atomic E-state index is 12.2. The Morgan fingerprint density at radius 3 is 2.76 bits per heavy atom. The summed E-state index contributed by atoms with van der Waals surface area (Å²) in [5.74, 6) is 0.379. The van der Waals surface area contributed by atoms with Gasteiger partial charge in [-0.2, -0.15) is 5.10 Å². The van der Waals surface area contributed by atoms with Crippen LogP contribution in [-0.4, -0.2) is 24.3 Å². The highest BCUT2D eigenvalue weighted by Crippen LogP contribution is 2.26. The quantitative estimate of drug-likeness (QED) is 0.513. The van der Waals surface area contributed by atoms with Crippen molar-refractivity contribution < 1.29 is 14.6 Å². The van der Waals surface area contributed by atoms with Crippen LogP contribution in [0.1, 0.15) is 15.9 Å². The number of carbonyl (C=O) groups is 1. The summed E-state index contributed by atoms with van der Waals surface area (Å²) in [6, 6.07) is 16.1. The first-order valence-corrected chi connectivity index (χ1v) is 8.27. The van der Waals surface area contributed by atoms with Crippen molar-refractivity contribution in [2.75, 3.05) is 7.11 Å². The highest BCUT2D eigenvalue weighted by atomic mass is 79.9. The van der Waals surface area contributed by atoms with Crippen molar-refractivity contribution in [3.05, 3.63) is 70.2 Å². The lowest BCUT2D eigenvalue weighted by molar-refractivity contribution is 0.0955. The largest absolute Gasteiger partial charge is 0.507 e. The lowest BCUT2D eigenvalue weighted by atomic mass is 10.0. The van der Waals surface area contributed by atoms with E-state index in [2.05, 4.69) is 26.5 Å². The number of phenolic OH excluding ortho intramolecular Hbond substituents is 1. The molecule has 6 heteroatoms. The molecule has 3 rings (SSSR count). The van der Waals surface area contributed by atoms with Crippen LogP contribution in [0.5, 0.6) is 11.5 Å². The first-order chi connectivity index (χ1) is 12.1. The molecule has 0 aliphatic heterocycles. The highest BCUT2D eigenvalue weighted by Gasteiger charge is 2.09. The molecule has 0 aliphatic rings. The van der Waals surface area contributed by atoms with Gasteiger partial charge < -0.3 is 9.84 Å². The van der Waals surface area contributed by atoms with Crippen LogP contribution in [-0.2, 0) is 0 Å². The predicted molar refractivity (Wildman–Crippen MR) is 101 cm³/mol. The van der Waals surface area contributed by atoms with E-state index in [0.717, 1.165) is 10.8 Å². The Morgan fingerprint density at radius 2 is 2.00 bits per heavy atom. The van der Waals surface area contributed by atoms with Crippen molar-refractivity contribution in [3.8, 4) is 11.5 Å². The summed E-state index contributed by atoms with van der Waals surface area (Å²) in [6.07, 6.45) is 1.44. The summed E-state index contributed by atoms with van der Waals surface area (Å²) in [7, 11) is 1.56. The molecule has 2 N–H and O–H groups in total. The number of hydrazone groups is 1. The number of rotatable bonds is 4. The van der Waals surface area contributed by atoms with Gasteiger partial charge in [-0.05, 0) is 51.0 Å². The molecule has 0 saturated heterocycles. The van der Waals surface area contributed by atoms with Crippen molar-refractivity contribution in [1.82, 2.24) is 5.43 Å². The summed E-state index contributed by atoms with van der Waals surface area (Å²) in [5, 5.41) is 15.9. The molecule has 0 fully saturated rings. The first-order valence-electron chi connectivity index (χ1n) is 7.48. The number of nitrogens with one attached hydrogen (secondary N) is 1. The molecule has 0 spiro atoms. The van der Waals surface area contributed by atoms with Crippen LogP contribution >= 0.6 is 15.9 Å². The summed E-state index contributed by atoms with van der Waals surface area (Å²) < 4.78 is 5.82. The maximum absolute atomic E-state index is 12.2. The average Bonchev–Trinajstić information content (AvgIpc) is 2.63. The van der Waals surface area contributed by atoms with E-state index in [-0.39, 0.29) is 11.7 Å². The molecule has 0 aromatic heterocycles. The summed E-state index contributed by atoms with van der Waals surface area (Å²) in [4.78, 5) is 12.2. The number of hydrogen-bond acceptors (Lipinski definition) is 4. The van der Waals surface area contributed by atoms with Crippen LogP contribution in [0.15, 0.2) is 64.2 Å². The molecule has 25 heavy (non-hydrogen) atoms. The zero-order valence-corrected chi connectivity index (χ0v) is 14.9. The average molecular weight is 399 g/mol. The van der Waals surface area contributed by atoms with Crippen LogP contribution in [0.4, 0.5) is 0 Å². The predicted octanol–water partition coefficient (Wildman–Crippen LogP) is 4.08. The summed E-state index contributed by atoms with van der Waals surface area (Å²) >= 11 is 3.34. The molecule has 3 aromatic carbocycles. The van der Waals surface area contributed by atoms with Gasteiger partial charge in [0.2, 0.25) is 0 Å². The minimum Gasteiger partial charge on any atom is -0.507 e. The molecular formula is C19H15BrN2O3. The number of nitrogens with zero attached hydrogens (tertiary/aromatic N) is 1. The number of fused-ring (bicyclic) bond motifs is 1. The van der Waals surface area contributed by atoms with E-state index in [9.17, 15) is 9.90 Å². The number of benzene rings is 3. The number of phenols is 1. The number of carbonyl (C=O) groups excluding carboxylic acids is 1. The number of aromatic hydroxyl groups is 1. The number of amides is 1. The Balaban J connectivity index is 1.81. The minimum absolute atomic E-state index is 0.101. The number of methoxy groups -OCH3 is 1. The van der Waals surface area contributed by atoms with Crippen LogP contribution in [0.3, 0.4) is 0 Å². The SMILES string of the molecule is COc1ccc(C(=O)N/N=C/c2c(O)ccc3ccccc23)cc1Br. The Kier molecular flexibility index (Phi) is 5.00. The topological polar surface area (TPSA) is 70.9 Å². The highest BCUT2D eigenvalue weighted by molar-refractivity contribution is 9.10. The standard InChI is InChI=1S/C19H15BrN2O3/c1-25-18-9-7-13(10-16(18)20)19(24)22-21-11-15-14-5-3-2-4-12(14)6-8-17(15)23/h2-11,23H,1H3,(H,22,24)/b21-11+. The third-order valence-corrected chi connectivity index (χ3v) is 4.34. The third kappa shape index (κ3) is 3.64. The van der Waals surface area contributed by atoms with Gasteiger partial charge in [0.25, 0.3) is 5.91 Å². The van der Waals surface area contributed by atoms with Crippen molar-refractivity contribution in [2.24, 2.45) is 5.10 Å². The zero-order chi connectivity index (χ0) is 17.8. The lowest BCUT2D eigenvalue weighted by Crippen LogP contribution is -2.17. The third-order valence-electron chi connectivity index (χ3n) is 3.72. The van der Waals surface area contributed by atoms with Gasteiger partial charge in [-0.1, -0.05) is 30.3 Å². The fourth-order valence-electron chi connectivity index (χ4n) is 2.45. The van der Waals surface area contributed by atoms with Crippen LogP contribution < -0.4 is 10.2 Å². The molecule has 0 aliphatic carbocycles. The molecule has 0 unspecified atom stereocenters. The summed E-state index contributed by atoms with van der Waals surface area (Å²) in [6.45, 7) is 0. The molecular weight excluding hydrogens is 384 g/mol. The van der Waals surface area contributed by atoms with E-state index in [1.807, 2.05) is 30.3 Å². The van der Waals surface area contributed by atoms with Gasteiger partial charge in [-0.25, -0.2) is 5.43 Å². The van der Waals surface area contributed by atoms with E-state index in [0.29, 0.717) is 21.3 Å². The normalized spacial score (nSPS) is 11.0. The monoisotopic (exact) mass is 398 g/mol. The van der Waals surface area contributed by atoms with Crippen molar-refractivity contribution >= 4 is 38.8 Å². The Labute approximate surface area is 153 Å². The van der Waals surface area contributed by atoms with Gasteiger partial charge in [0.1, 0.15) is 11.5 Å². The Morgan fingerprint density at radius 1 is 1.20 bits per heavy atom. The van der Waals surface area contributed by atoms with E-state index in [1.165, 1.54) is 6.21 Å².